The molecule has 2 aromatic heterocycles. The van der Waals surface area contributed by atoms with Crippen molar-refractivity contribution >= 4 is 57.2 Å². The summed E-state index contributed by atoms with van der Waals surface area (Å²) in [5.41, 5.74) is 18.3. The largest absolute Gasteiger partial charge is 0.310 e. The monoisotopic (exact) mass is 899 g/mol. The number of amidine groups is 2. The number of hydrogen-bond donors (Lipinski definition) is 0. The fourth-order valence-electron chi connectivity index (χ4n) is 10.3. The van der Waals surface area contributed by atoms with Gasteiger partial charge in [-0.1, -0.05) is 189 Å². The fourth-order valence-corrected chi connectivity index (χ4v) is 10.3. The molecule has 12 rings (SSSR count). The highest BCUT2D eigenvalue weighted by atomic mass is 15.0. The third kappa shape index (κ3) is 7.87. The Bertz CT molecular complexity index is 3840. The minimum atomic E-state index is 0.448. The first kappa shape index (κ1) is 42.4. The van der Waals surface area contributed by atoms with Crippen LogP contribution < -0.4 is 0 Å². The van der Waals surface area contributed by atoms with Crippen molar-refractivity contribution in [3.8, 4) is 44.8 Å². The van der Waals surface area contributed by atoms with Gasteiger partial charge in [0.2, 0.25) is 0 Å². The first-order valence-corrected chi connectivity index (χ1v) is 24.0. The van der Waals surface area contributed by atoms with Crippen LogP contribution in [0.4, 0.5) is 0 Å². The van der Waals surface area contributed by atoms with Crippen LogP contribution in [-0.4, -0.2) is 27.5 Å². The molecule has 1 aliphatic carbocycles. The molecular weight excluding hydrogens is 851 g/mol. The summed E-state index contributed by atoms with van der Waals surface area (Å²) in [6.07, 6.45) is 5.68. The van der Waals surface area contributed by atoms with E-state index in [-0.39, 0.29) is 0 Å². The molecule has 0 N–H and O–H groups in total. The average Bonchev–Trinajstić information content (AvgIpc) is 3.95. The van der Waals surface area contributed by atoms with Gasteiger partial charge in [-0.25, -0.2) is 9.98 Å². The molecule has 1 aliphatic rings. The molecule has 9 aromatic carbocycles. The first-order chi connectivity index (χ1) is 34.6. The molecule has 2 heterocycles. The summed E-state index contributed by atoms with van der Waals surface area (Å²) < 4.78 is 4.86. The Morgan fingerprint density at radius 1 is 0.471 bits per heavy atom. The SMILES string of the molecule is C=NC(=NC(=NCc1ccc(-c2ccccc2)cc1)c1cccc(-c2ccc3c4ccccc4n(-c4cccc(-c5ccc6c7c(n(-c8ccccc8)c6c5)C=CCC7C)c4)c3c2)c1)c1ccccc1. The van der Waals surface area contributed by atoms with Gasteiger partial charge in [-0.3, -0.25) is 4.99 Å². The molecule has 0 radical (unpaired) electrons. The number of nitrogens with zero attached hydrogens (tertiary/aromatic N) is 5. The molecule has 5 heteroatoms. The Labute approximate surface area is 408 Å². The summed E-state index contributed by atoms with van der Waals surface area (Å²) in [6.45, 7) is 6.71. The maximum Gasteiger partial charge on any atom is 0.161 e. The summed E-state index contributed by atoms with van der Waals surface area (Å²) in [5.74, 6) is 1.56. The maximum absolute atomic E-state index is 5.17. The Kier molecular flexibility index (Phi) is 11.1. The number of aromatic nitrogens is 2. The van der Waals surface area contributed by atoms with Gasteiger partial charge in [-0.15, -0.1) is 0 Å². The van der Waals surface area contributed by atoms with Crippen molar-refractivity contribution in [1.29, 1.82) is 0 Å². The van der Waals surface area contributed by atoms with Gasteiger partial charge in [0.1, 0.15) is 0 Å². The molecule has 334 valence electrons. The van der Waals surface area contributed by atoms with Gasteiger partial charge in [0.25, 0.3) is 0 Å². The normalized spacial score (nSPS) is 13.8. The van der Waals surface area contributed by atoms with Crippen molar-refractivity contribution in [3.05, 3.63) is 258 Å². The number of aliphatic imine (C=N–C) groups is 3. The lowest BCUT2D eigenvalue weighted by atomic mass is 9.90. The maximum atomic E-state index is 5.17. The highest BCUT2D eigenvalue weighted by Crippen LogP contribution is 2.42. The average molecular weight is 900 g/mol. The van der Waals surface area contributed by atoms with Crippen LogP contribution in [0.5, 0.6) is 0 Å². The number of hydrogen-bond acceptors (Lipinski definition) is 1. The lowest BCUT2D eigenvalue weighted by Crippen LogP contribution is -2.05. The van der Waals surface area contributed by atoms with Gasteiger partial charge in [0.15, 0.2) is 11.7 Å². The number of fused-ring (bicyclic) bond motifs is 6. The van der Waals surface area contributed by atoms with E-state index in [9.17, 15) is 0 Å². The van der Waals surface area contributed by atoms with Crippen LogP contribution >= 0.6 is 0 Å². The Balaban J connectivity index is 0.940. The Morgan fingerprint density at radius 2 is 1.03 bits per heavy atom. The number of allylic oxidation sites excluding steroid dienone is 1. The minimum Gasteiger partial charge on any atom is -0.310 e. The second-order valence-corrected chi connectivity index (χ2v) is 18.1. The molecule has 70 heavy (non-hydrogen) atoms. The van der Waals surface area contributed by atoms with E-state index in [1.807, 2.05) is 36.4 Å². The van der Waals surface area contributed by atoms with Crippen molar-refractivity contribution in [3.63, 3.8) is 0 Å². The van der Waals surface area contributed by atoms with Crippen LogP contribution in [0.1, 0.15) is 47.2 Å². The smallest absolute Gasteiger partial charge is 0.161 e. The third-order valence-electron chi connectivity index (χ3n) is 13.7. The van der Waals surface area contributed by atoms with Gasteiger partial charge in [-0.2, -0.15) is 0 Å². The summed E-state index contributed by atoms with van der Waals surface area (Å²) in [5, 5.41) is 3.73. The Morgan fingerprint density at radius 3 is 1.79 bits per heavy atom. The van der Waals surface area contributed by atoms with Crippen molar-refractivity contribution in [2.45, 2.75) is 25.8 Å². The lowest BCUT2D eigenvalue weighted by molar-refractivity contribution is 0.773. The van der Waals surface area contributed by atoms with E-state index in [1.165, 1.54) is 60.9 Å². The van der Waals surface area contributed by atoms with E-state index in [0.29, 0.717) is 24.1 Å². The summed E-state index contributed by atoms with van der Waals surface area (Å²) in [7, 11) is 0. The van der Waals surface area contributed by atoms with E-state index in [4.69, 9.17) is 9.98 Å². The van der Waals surface area contributed by atoms with Crippen LogP contribution in [0.3, 0.4) is 0 Å². The molecule has 0 saturated heterocycles. The zero-order valence-electron chi connectivity index (χ0n) is 39.0. The molecule has 1 atom stereocenters. The molecule has 1 unspecified atom stereocenters. The third-order valence-corrected chi connectivity index (χ3v) is 13.7. The van der Waals surface area contributed by atoms with E-state index < -0.39 is 0 Å². The molecule has 11 aromatic rings. The van der Waals surface area contributed by atoms with Crippen LogP contribution in [0.2, 0.25) is 0 Å². The van der Waals surface area contributed by atoms with Crippen molar-refractivity contribution < 1.29 is 0 Å². The zero-order valence-corrected chi connectivity index (χ0v) is 39.0. The molecular formula is C65H49N5. The molecule has 0 fully saturated rings. The number of rotatable bonds is 9. The van der Waals surface area contributed by atoms with Gasteiger partial charge < -0.3 is 9.13 Å². The summed E-state index contributed by atoms with van der Waals surface area (Å²) >= 11 is 0. The van der Waals surface area contributed by atoms with E-state index in [1.54, 1.807) is 0 Å². The molecule has 0 amide bonds. The molecule has 0 saturated carbocycles. The van der Waals surface area contributed by atoms with Crippen molar-refractivity contribution in [1.82, 2.24) is 9.13 Å². The Hall–Kier alpha value is -8.93. The number of para-hydroxylation sites is 2. The standard InChI is InChI=1S/C65H49N5/c1-44-17-14-30-60-63(44)58-38-36-52(42-62(58)69(60)54-25-10-5-11-26-54)50-23-16-27-55(40-50)70-59-29-13-12-28-56(59)57-37-35-51(41-61(57)70)49-22-15-24-53(39-49)65(68-64(66-2)48-20-8-4-9-21-48)67-43-45-31-33-47(34-32-45)46-18-6-3-7-19-46/h3-16,18-42,44H,2,17,43H2,1H3. The molecule has 0 aliphatic heterocycles. The molecule has 5 nitrogen and oxygen atoms in total. The summed E-state index contributed by atoms with van der Waals surface area (Å²) in [6, 6.07) is 79.9. The van der Waals surface area contributed by atoms with Gasteiger partial charge >= 0.3 is 0 Å². The number of benzene rings is 9. The van der Waals surface area contributed by atoms with Crippen molar-refractivity contribution in [2.24, 2.45) is 15.0 Å². The quantitative estimate of drug-likeness (QED) is 0.102. The fraction of sp³-hybridized carbons (Fsp3) is 0.0615. The highest BCUT2D eigenvalue weighted by molar-refractivity contribution is 6.13. The van der Waals surface area contributed by atoms with Gasteiger partial charge in [0, 0.05) is 44.4 Å². The van der Waals surface area contributed by atoms with E-state index in [2.05, 4.69) is 228 Å². The van der Waals surface area contributed by atoms with Gasteiger partial charge in [0.05, 0.1) is 23.1 Å². The van der Waals surface area contributed by atoms with E-state index >= 15 is 0 Å². The summed E-state index contributed by atoms with van der Waals surface area (Å²) in [4.78, 5) is 14.7. The topological polar surface area (TPSA) is 46.9 Å². The lowest BCUT2D eigenvalue weighted by Gasteiger charge is -2.16. The predicted octanol–water partition coefficient (Wildman–Crippen LogP) is 16.3. The van der Waals surface area contributed by atoms with Crippen LogP contribution in [0.25, 0.3) is 83.5 Å². The predicted molar refractivity (Wildman–Crippen MR) is 295 cm³/mol. The first-order valence-electron chi connectivity index (χ1n) is 24.0. The van der Waals surface area contributed by atoms with Crippen molar-refractivity contribution in [2.75, 3.05) is 0 Å². The van der Waals surface area contributed by atoms with Crippen LogP contribution in [0.15, 0.2) is 246 Å². The molecule has 0 bridgehead atoms. The minimum absolute atomic E-state index is 0.448. The second kappa shape index (κ2) is 18.3. The van der Waals surface area contributed by atoms with Crippen LogP contribution in [0, 0.1) is 0 Å². The highest BCUT2D eigenvalue weighted by Gasteiger charge is 2.24. The second-order valence-electron chi connectivity index (χ2n) is 18.1. The van der Waals surface area contributed by atoms with E-state index in [0.717, 1.165) is 51.0 Å². The molecule has 0 spiro atoms. The van der Waals surface area contributed by atoms with Gasteiger partial charge in [-0.05, 0) is 118 Å². The van der Waals surface area contributed by atoms with Crippen LogP contribution in [-0.2, 0) is 6.54 Å². The zero-order chi connectivity index (χ0) is 47.0.